The number of hydrogen-bond donors (Lipinski definition) is 1. The van der Waals surface area contributed by atoms with Crippen LogP contribution in [0.3, 0.4) is 0 Å². The van der Waals surface area contributed by atoms with Crippen LogP contribution in [-0.2, 0) is 6.54 Å². The third-order valence-corrected chi connectivity index (χ3v) is 3.90. The second-order valence-corrected chi connectivity index (χ2v) is 5.37. The molecule has 0 saturated carbocycles. The highest BCUT2D eigenvalue weighted by Crippen LogP contribution is 2.22. The fourth-order valence-electron chi connectivity index (χ4n) is 2.54. The van der Waals surface area contributed by atoms with Gasteiger partial charge in [0.05, 0.1) is 12.2 Å². The maximum absolute atomic E-state index is 5.90. The quantitative estimate of drug-likeness (QED) is 0.830. The molecule has 1 aromatic heterocycles. The van der Waals surface area contributed by atoms with Gasteiger partial charge in [0.15, 0.2) is 5.58 Å². The largest absolute Gasteiger partial charge is 0.439 e. The van der Waals surface area contributed by atoms with E-state index in [0.717, 1.165) is 43.2 Å². The summed E-state index contributed by atoms with van der Waals surface area (Å²) in [6, 6.07) is 6.23. The van der Waals surface area contributed by atoms with E-state index in [1.54, 1.807) is 0 Å². The molecule has 2 heterocycles. The van der Waals surface area contributed by atoms with E-state index in [2.05, 4.69) is 28.8 Å². The molecule has 2 aromatic rings. The first kappa shape index (κ1) is 12.4. The Morgan fingerprint density at radius 3 is 3.00 bits per heavy atom. The van der Waals surface area contributed by atoms with Crippen molar-refractivity contribution in [2.75, 3.05) is 32.4 Å². The van der Waals surface area contributed by atoms with Crippen molar-refractivity contribution in [3.05, 3.63) is 24.1 Å². The van der Waals surface area contributed by atoms with E-state index < -0.39 is 0 Å². The summed E-state index contributed by atoms with van der Waals surface area (Å²) >= 11 is 0. The number of rotatable bonds is 2. The van der Waals surface area contributed by atoms with Crippen LogP contribution >= 0.6 is 0 Å². The average Bonchev–Trinajstić information content (AvgIpc) is 2.78. The van der Waals surface area contributed by atoms with Crippen LogP contribution in [-0.4, -0.2) is 47.5 Å². The number of likely N-dealkylation sites (N-methyl/N-ethyl adjacent to an activating group) is 1. The van der Waals surface area contributed by atoms with Crippen LogP contribution in [0.5, 0.6) is 0 Å². The van der Waals surface area contributed by atoms with Gasteiger partial charge in [-0.2, -0.15) is 0 Å². The average molecular weight is 260 g/mol. The third kappa shape index (κ3) is 2.43. The van der Waals surface area contributed by atoms with Gasteiger partial charge in [0.25, 0.3) is 0 Å². The molecule has 1 aromatic carbocycles. The minimum absolute atomic E-state index is 0.572. The predicted octanol–water partition coefficient (Wildman–Crippen LogP) is 1.55. The Morgan fingerprint density at radius 2 is 2.26 bits per heavy atom. The molecule has 5 heteroatoms. The van der Waals surface area contributed by atoms with Crippen molar-refractivity contribution in [1.29, 1.82) is 0 Å². The fraction of sp³-hybridized carbons (Fsp3) is 0.500. The van der Waals surface area contributed by atoms with Crippen LogP contribution in [0.2, 0.25) is 0 Å². The molecule has 1 saturated heterocycles. The molecule has 1 fully saturated rings. The number of hydrogen-bond acceptors (Lipinski definition) is 5. The maximum atomic E-state index is 5.90. The molecular formula is C14H20N4O. The van der Waals surface area contributed by atoms with Crippen LogP contribution in [0.4, 0.5) is 5.69 Å². The number of nitrogen functional groups attached to an aromatic ring is 1. The van der Waals surface area contributed by atoms with E-state index in [0.29, 0.717) is 11.7 Å². The SMILES string of the molecule is CC1CN(Cc2nc3c(N)cccc3o2)CCN1C. The standard InChI is InChI=1S/C14H20N4O/c1-10-8-18(7-6-17(10)2)9-13-16-14-11(15)4-3-5-12(14)19-13/h3-5,10H,6-9,15H2,1-2H3. The number of benzene rings is 1. The Balaban J connectivity index is 1.77. The van der Waals surface area contributed by atoms with Crippen molar-refractivity contribution < 1.29 is 4.42 Å². The highest BCUT2D eigenvalue weighted by Gasteiger charge is 2.22. The summed E-state index contributed by atoms with van der Waals surface area (Å²) in [5, 5.41) is 0. The predicted molar refractivity (Wildman–Crippen MR) is 75.8 cm³/mol. The van der Waals surface area contributed by atoms with Crippen LogP contribution in [0.1, 0.15) is 12.8 Å². The van der Waals surface area contributed by atoms with Gasteiger partial charge in [-0.05, 0) is 26.1 Å². The minimum atomic E-state index is 0.572. The van der Waals surface area contributed by atoms with Crippen molar-refractivity contribution >= 4 is 16.8 Å². The topological polar surface area (TPSA) is 58.5 Å². The summed E-state index contributed by atoms with van der Waals surface area (Å²) in [7, 11) is 2.17. The minimum Gasteiger partial charge on any atom is -0.439 e. The lowest BCUT2D eigenvalue weighted by atomic mass is 10.2. The summed E-state index contributed by atoms with van der Waals surface area (Å²) < 4.78 is 5.77. The Morgan fingerprint density at radius 1 is 1.42 bits per heavy atom. The summed E-state index contributed by atoms with van der Waals surface area (Å²) in [5.41, 5.74) is 8.13. The molecule has 0 radical (unpaired) electrons. The van der Waals surface area contributed by atoms with Gasteiger partial charge in [-0.3, -0.25) is 4.90 Å². The number of anilines is 1. The second kappa shape index (κ2) is 4.83. The molecule has 5 nitrogen and oxygen atoms in total. The second-order valence-electron chi connectivity index (χ2n) is 5.37. The lowest BCUT2D eigenvalue weighted by Gasteiger charge is -2.36. The molecule has 0 aliphatic carbocycles. The molecule has 0 amide bonds. The molecule has 1 aliphatic heterocycles. The summed E-state index contributed by atoms with van der Waals surface area (Å²) in [6.07, 6.45) is 0. The van der Waals surface area contributed by atoms with E-state index in [1.807, 2.05) is 18.2 Å². The third-order valence-electron chi connectivity index (χ3n) is 3.90. The fourth-order valence-corrected chi connectivity index (χ4v) is 2.54. The number of aromatic nitrogens is 1. The van der Waals surface area contributed by atoms with Crippen LogP contribution in [0.15, 0.2) is 22.6 Å². The Kier molecular flexibility index (Phi) is 3.16. The van der Waals surface area contributed by atoms with E-state index in [1.165, 1.54) is 0 Å². The summed E-state index contributed by atoms with van der Waals surface area (Å²) in [4.78, 5) is 9.26. The van der Waals surface area contributed by atoms with Crippen molar-refractivity contribution in [3.8, 4) is 0 Å². The number of para-hydroxylation sites is 1. The first-order chi connectivity index (χ1) is 9.13. The van der Waals surface area contributed by atoms with Crippen molar-refractivity contribution in [2.45, 2.75) is 19.5 Å². The molecular weight excluding hydrogens is 240 g/mol. The van der Waals surface area contributed by atoms with E-state index in [9.17, 15) is 0 Å². The maximum Gasteiger partial charge on any atom is 0.209 e. The molecule has 1 atom stereocenters. The molecule has 1 aliphatic rings. The smallest absolute Gasteiger partial charge is 0.209 e. The summed E-state index contributed by atoms with van der Waals surface area (Å²) in [6.45, 7) is 6.19. The van der Waals surface area contributed by atoms with Crippen LogP contribution in [0, 0.1) is 0 Å². The van der Waals surface area contributed by atoms with Crippen LogP contribution < -0.4 is 5.73 Å². The molecule has 2 N–H and O–H groups in total. The summed E-state index contributed by atoms with van der Waals surface area (Å²) in [5.74, 6) is 0.754. The lowest BCUT2D eigenvalue weighted by molar-refractivity contribution is 0.0938. The van der Waals surface area contributed by atoms with Gasteiger partial charge in [-0.15, -0.1) is 0 Å². The van der Waals surface area contributed by atoms with Crippen molar-refractivity contribution in [1.82, 2.24) is 14.8 Å². The van der Waals surface area contributed by atoms with Gasteiger partial charge in [0, 0.05) is 25.7 Å². The van der Waals surface area contributed by atoms with Crippen molar-refractivity contribution in [2.24, 2.45) is 0 Å². The number of fused-ring (bicyclic) bond motifs is 1. The Hall–Kier alpha value is -1.59. The van der Waals surface area contributed by atoms with Gasteiger partial charge < -0.3 is 15.1 Å². The van der Waals surface area contributed by atoms with Gasteiger partial charge >= 0.3 is 0 Å². The van der Waals surface area contributed by atoms with Crippen LogP contribution in [0.25, 0.3) is 11.1 Å². The lowest BCUT2D eigenvalue weighted by Crippen LogP contribution is -2.49. The van der Waals surface area contributed by atoms with Gasteiger partial charge in [0.1, 0.15) is 5.52 Å². The molecule has 3 rings (SSSR count). The first-order valence-electron chi connectivity index (χ1n) is 6.70. The Labute approximate surface area is 113 Å². The first-order valence-corrected chi connectivity index (χ1v) is 6.70. The normalized spacial score (nSPS) is 22.1. The highest BCUT2D eigenvalue weighted by molar-refractivity contribution is 5.85. The molecule has 19 heavy (non-hydrogen) atoms. The zero-order valence-electron chi connectivity index (χ0n) is 11.5. The van der Waals surface area contributed by atoms with Gasteiger partial charge in [-0.25, -0.2) is 4.98 Å². The van der Waals surface area contributed by atoms with E-state index in [4.69, 9.17) is 10.2 Å². The van der Waals surface area contributed by atoms with Crippen molar-refractivity contribution in [3.63, 3.8) is 0 Å². The monoisotopic (exact) mass is 260 g/mol. The number of nitrogens with two attached hydrogens (primary N) is 1. The molecule has 0 bridgehead atoms. The van der Waals surface area contributed by atoms with E-state index in [-0.39, 0.29) is 0 Å². The molecule has 102 valence electrons. The zero-order chi connectivity index (χ0) is 13.4. The molecule has 1 unspecified atom stereocenters. The Bertz CT molecular complexity index is 580. The number of oxazole rings is 1. The van der Waals surface area contributed by atoms with Gasteiger partial charge in [0.2, 0.25) is 5.89 Å². The van der Waals surface area contributed by atoms with E-state index >= 15 is 0 Å². The van der Waals surface area contributed by atoms with Gasteiger partial charge in [-0.1, -0.05) is 6.07 Å². The molecule has 0 spiro atoms. The number of piperazine rings is 1. The highest BCUT2D eigenvalue weighted by atomic mass is 16.3. The zero-order valence-corrected chi connectivity index (χ0v) is 11.5. The number of nitrogens with zero attached hydrogens (tertiary/aromatic N) is 3.